The Labute approximate surface area is 120 Å². The lowest BCUT2D eigenvalue weighted by molar-refractivity contribution is -0.111. The highest BCUT2D eigenvalue weighted by Gasteiger charge is 2.02. The molecule has 0 unspecified atom stereocenters. The molecule has 0 bridgehead atoms. The highest BCUT2D eigenvalue weighted by Crippen LogP contribution is 2.17. The largest absolute Gasteiger partial charge is 0.322 e. The van der Waals surface area contributed by atoms with E-state index in [0.717, 1.165) is 16.8 Å². The van der Waals surface area contributed by atoms with E-state index >= 15 is 0 Å². The van der Waals surface area contributed by atoms with Gasteiger partial charge < -0.3 is 5.32 Å². The summed E-state index contributed by atoms with van der Waals surface area (Å²) < 4.78 is 0. The van der Waals surface area contributed by atoms with Gasteiger partial charge in [0.15, 0.2) is 0 Å². The summed E-state index contributed by atoms with van der Waals surface area (Å²) in [5.41, 5.74) is 5.37. The minimum Gasteiger partial charge on any atom is -0.322 e. The van der Waals surface area contributed by atoms with Crippen molar-refractivity contribution in [3.8, 4) is 0 Å². The third kappa shape index (κ3) is 3.58. The lowest BCUT2D eigenvalue weighted by Gasteiger charge is -2.08. The fourth-order valence-corrected chi connectivity index (χ4v) is 1.91. The second kappa shape index (κ2) is 6.20. The maximum Gasteiger partial charge on any atom is 0.248 e. The van der Waals surface area contributed by atoms with Crippen LogP contribution in [0.2, 0.25) is 0 Å². The van der Waals surface area contributed by atoms with Crippen LogP contribution >= 0.6 is 0 Å². The molecule has 0 heterocycles. The van der Waals surface area contributed by atoms with E-state index in [2.05, 4.69) is 5.32 Å². The number of anilines is 1. The average Bonchev–Trinajstić information content (AvgIpc) is 2.43. The van der Waals surface area contributed by atoms with E-state index in [1.54, 1.807) is 6.08 Å². The summed E-state index contributed by atoms with van der Waals surface area (Å²) in [7, 11) is 0. The monoisotopic (exact) mass is 265 g/mol. The summed E-state index contributed by atoms with van der Waals surface area (Å²) in [4.78, 5) is 11.9. The fourth-order valence-electron chi connectivity index (χ4n) is 1.91. The molecule has 0 saturated heterocycles. The maximum atomic E-state index is 11.9. The highest BCUT2D eigenvalue weighted by atomic mass is 16.1. The van der Waals surface area contributed by atoms with Crippen molar-refractivity contribution < 1.29 is 4.79 Å². The smallest absolute Gasteiger partial charge is 0.248 e. The van der Waals surface area contributed by atoms with Gasteiger partial charge in [0.2, 0.25) is 5.91 Å². The van der Waals surface area contributed by atoms with Gasteiger partial charge in [0, 0.05) is 11.8 Å². The van der Waals surface area contributed by atoms with Gasteiger partial charge in [-0.15, -0.1) is 0 Å². The molecule has 0 aliphatic carbocycles. The van der Waals surface area contributed by atoms with E-state index < -0.39 is 0 Å². The van der Waals surface area contributed by atoms with Crippen LogP contribution in [0.1, 0.15) is 22.3 Å². The van der Waals surface area contributed by atoms with Crippen LogP contribution < -0.4 is 5.32 Å². The molecule has 1 amide bonds. The van der Waals surface area contributed by atoms with Crippen LogP contribution in [0.3, 0.4) is 0 Å². The van der Waals surface area contributed by atoms with Crippen molar-refractivity contribution in [3.05, 3.63) is 70.8 Å². The first kappa shape index (κ1) is 14.1. The zero-order valence-electron chi connectivity index (χ0n) is 12.1. The van der Waals surface area contributed by atoms with Crippen LogP contribution in [-0.4, -0.2) is 5.91 Å². The molecular formula is C18H19NO. The molecule has 0 aliphatic rings. The molecule has 2 aromatic rings. The molecule has 2 aromatic carbocycles. The first-order valence-electron chi connectivity index (χ1n) is 6.68. The number of carbonyl (C=O) groups excluding carboxylic acids is 1. The second-order valence-electron chi connectivity index (χ2n) is 4.98. The summed E-state index contributed by atoms with van der Waals surface area (Å²) in [5, 5.41) is 2.91. The Kier molecular flexibility index (Phi) is 4.36. The van der Waals surface area contributed by atoms with Crippen LogP contribution in [0, 0.1) is 20.8 Å². The van der Waals surface area contributed by atoms with Gasteiger partial charge in [0.05, 0.1) is 0 Å². The summed E-state index contributed by atoms with van der Waals surface area (Å²) in [6, 6.07) is 14.0. The third-order valence-electron chi connectivity index (χ3n) is 3.37. The molecule has 0 atom stereocenters. The van der Waals surface area contributed by atoms with E-state index in [1.807, 2.05) is 69.3 Å². The quantitative estimate of drug-likeness (QED) is 0.825. The summed E-state index contributed by atoms with van der Waals surface area (Å²) >= 11 is 0. The zero-order valence-corrected chi connectivity index (χ0v) is 12.1. The molecule has 0 saturated carbocycles. The average molecular weight is 265 g/mol. The van der Waals surface area contributed by atoms with Crippen molar-refractivity contribution in [2.75, 3.05) is 5.32 Å². The molecule has 20 heavy (non-hydrogen) atoms. The molecule has 0 aromatic heterocycles. The minimum atomic E-state index is -0.112. The molecule has 2 heteroatoms. The molecule has 0 aliphatic heterocycles. The molecule has 102 valence electrons. The number of hydrogen-bond acceptors (Lipinski definition) is 1. The van der Waals surface area contributed by atoms with Gasteiger partial charge in [-0.2, -0.15) is 0 Å². The van der Waals surface area contributed by atoms with E-state index in [1.165, 1.54) is 11.1 Å². The van der Waals surface area contributed by atoms with Crippen molar-refractivity contribution in [3.63, 3.8) is 0 Å². The molecule has 1 N–H and O–H groups in total. The molecule has 2 nitrogen and oxygen atoms in total. The lowest BCUT2D eigenvalue weighted by atomic mass is 10.1. The zero-order chi connectivity index (χ0) is 14.5. The number of benzene rings is 2. The van der Waals surface area contributed by atoms with Crippen LogP contribution in [-0.2, 0) is 4.79 Å². The Morgan fingerprint density at radius 3 is 2.40 bits per heavy atom. The van der Waals surface area contributed by atoms with Crippen LogP contribution in [0.25, 0.3) is 6.08 Å². The number of hydrogen-bond donors (Lipinski definition) is 1. The Morgan fingerprint density at radius 2 is 1.70 bits per heavy atom. The predicted octanol–water partition coefficient (Wildman–Crippen LogP) is 4.26. The Balaban J connectivity index is 2.05. The fraction of sp³-hybridized carbons (Fsp3) is 0.167. The van der Waals surface area contributed by atoms with Gasteiger partial charge in [-0.1, -0.05) is 42.0 Å². The Bertz CT molecular complexity index is 639. The van der Waals surface area contributed by atoms with Crippen molar-refractivity contribution in [1.82, 2.24) is 0 Å². The number of nitrogens with one attached hydrogen (secondary N) is 1. The molecule has 0 fully saturated rings. The van der Waals surface area contributed by atoms with Gasteiger partial charge >= 0.3 is 0 Å². The normalized spacial score (nSPS) is 10.8. The minimum absolute atomic E-state index is 0.112. The first-order chi connectivity index (χ1) is 9.56. The van der Waals surface area contributed by atoms with Gasteiger partial charge in [0.1, 0.15) is 0 Å². The van der Waals surface area contributed by atoms with Crippen molar-refractivity contribution in [1.29, 1.82) is 0 Å². The topological polar surface area (TPSA) is 29.1 Å². The SMILES string of the molecule is Cc1ccc(/C=C/C(=O)Nc2cccc(C)c2C)cc1. The van der Waals surface area contributed by atoms with E-state index in [-0.39, 0.29) is 5.91 Å². The standard InChI is InChI=1S/C18H19NO/c1-13-7-9-16(10-8-13)11-12-18(20)19-17-6-4-5-14(2)15(17)3/h4-12H,1-3H3,(H,19,20)/b12-11+. The number of amides is 1. The van der Waals surface area contributed by atoms with Crippen molar-refractivity contribution in [2.45, 2.75) is 20.8 Å². The first-order valence-corrected chi connectivity index (χ1v) is 6.68. The van der Waals surface area contributed by atoms with Gasteiger partial charge in [-0.05, 0) is 49.6 Å². The van der Waals surface area contributed by atoms with E-state index in [0.29, 0.717) is 0 Å². The maximum absolute atomic E-state index is 11.9. The van der Waals surface area contributed by atoms with E-state index in [9.17, 15) is 4.79 Å². The molecular weight excluding hydrogens is 246 g/mol. The number of rotatable bonds is 3. The Morgan fingerprint density at radius 1 is 1.00 bits per heavy atom. The van der Waals surface area contributed by atoms with Crippen LogP contribution in [0.5, 0.6) is 0 Å². The third-order valence-corrected chi connectivity index (χ3v) is 3.37. The molecule has 0 radical (unpaired) electrons. The number of carbonyl (C=O) groups is 1. The Hall–Kier alpha value is -2.35. The van der Waals surface area contributed by atoms with Gasteiger partial charge in [-0.25, -0.2) is 0 Å². The van der Waals surface area contributed by atoms with Crippen LogP contribution in [0.15, 0.2) is 48.5 Å². The highest BCUT2D eigenvalue weighted by molar-refractivity contribution is 6.02. The lowest BCUT2D eigenvalue weighted by Crippen LogP contribution is -2.09. The second-order valence-corrected chi connectivity index (χ2v) is 4.98. The van der Waals surface area contributed by atoms with Crippen molar-refractivity contribution >= 4 is 17.7 Å². The summed E-state index contributed by atoms with van der Waals surface area (Å²) in [6.45, 7) is 6.09. The molecule has 0 spiro atoms. The number of aryl methyl sites for hydroxylation is 2. The predicted molar refractivity (Wildman–Crippen MR) is 84.8 cm³/mol. The summed E-state index contributed by atoms with van der Waals surface area (Å²) in [5.74, 6) is -0.112. The van der Waals surface area contributed by atoms with Gasteiger partial charge in [-0.3, -0.25) is 4.79 Å². The summed E-state index contributed by atoms with van der Waals surface area (Å²) in [6.07, 6.45) is 3.38. The van der Waals surface area contributed by atoms with Gasteiger partial charge in [0.25, 0.3) is 0 Å². The van der Waals surface area contributed by atoms with Crippen molar-refractivity contribution in [2.24, 2.45) is 0 Å². The molecule has 2 rings (SSSR count). The van der Waals surface area contributed by atoms with Crippen LogP contribution in [0.4, 0.5) is 5.69 Å². The van der Waals surface area contributed by atoms with E-state index in [4.69, 9.17) is 0 Å².